The van der Waals surface area contributed by atoms with Gasteiger partial charge in [0.25, 0.3) is 5.91 Å². The topological polar surface area (TPSA) is 45.7 Å². The highest BCUT2D eigenvalue weighted by Crippen LogP contribution is 2.27. The first kappa shape index (κ1) is 15.4. The van der Waals surface area contributed by atoms with Gasteiger partial charge in [0.05, 0.1) is 0 Å². The fourth-order valence-electron chi connectivity index (χ4n) is 3.36. The van der Waals surface area contributed by atoms with Gasteiger partial charge < -0.3 is 9.64 Å². The molecule has 22 heavy (non-hydrogen) atoms. The van der Waals surface area contributed by atoms with Crippen LogP contribution in [0.3, 0.4) is 0 Å². The summed E-state index contributed by atoms with van der Waals surface area (Å²) in [6.07, 6.45) is 6.53. The van der Waals surface area contributed by atoms with Crippen molar-refractivity contribution in [1.82, 2.24) is 14.8 Å². The van der Waals surface area contributed by atoms with Crippen molar-refractivity contribution in [2.45, 2.75) is 38.3 Å². The molecule has 120 valence electrons. The van der Waals surface area contributed by atoms with E-state index in [9.17, 15) is 4.79 Å². The van der Waals surface area contributed by atoms with E-state index < -0.39 is 5.60 Å². The minimum atomic E-state index is -0.583. The second kappa shape index (κ2) is 6.75. The van der Waals surface area contributed by atoms with E-state index in [0.717, 1.165) is 52.0 Å². The van der Waals surface area contributed by atoms with E-state index in [2.05, 4.69) is 22.0 Å². The molecule has 2 aliphatic rings. The van der Waals surface area contributed by atoms with Gasteiger partial charge in [0.2, 0.25) is 0 Å². The van der Waals surface area contributed by atoms with E-state index in [1.807, 2.05) is 24.2 Å². The van der Waals surface area contributed by atoms with Crippen LogP contribution in [0.15, 0.2) is 24.5 Å². The molecule has 2 aliphatic heterocycles. The van der Waals surface area contributed by atoms with Crippen LogP contribution in [-0.2, 0) is 16.1 Å². The normalized spacial score (nSPS) is 26.9. The molecular weight excluding hydrogens is 278 g/mol. The lowest BCUT2D eigenvalue weighted by atomic mass is 10.0. The summed E-state index contributed by atoms with van der Waals surface area (Å²) in [5.41, 5.74) is 0.696. The number of ether oxygens (including phenoxy) is 1. The summed E-state index contributed by atoms with van der Waals surface area (Å²) >= 11 is 0. The highest BCUT2D eigenvalue weighted by atomic mass is 16.5. The number of aromatic nitrogens is 1. The zero-order chi connectivity index (χ0) is 15.4. The minimum Gasteiger partial charge on any atom is -0.365 e. The standard InChI is InChI=1S/C17H25N3O2/c1-17(6-2-13-22-17)16(21)20-10-3-9-19(11-12-20)14-15-4-7-18-8-5-15/h4-5,7-8H,2-3,6,9-14H2,1H3/t17-/m1/s1. The zero-order valence-electron chi connectivity index (χ0n) is 13.3. The molecule has 0 bridgehead atoms. The molecule has 0 radical (unpaired) electrons. The predicted molar refractivity (Wildman–Crippen MR) is 84.3 cm³/mol. The van der Waals surface area contributed by atoms with Crippen LogP contribution in [0.1, 0.15) is 31.7 Å². The van der Waals surface area contributed by atoms with E-state index >= 15 is 0 Å². The van der Waals surface area contributed by atoms with Crippen LogP contribution in [0.2, 0.25) is 0 Å². The SMILES string of the molecule is C[C@]1(C(=O)N2CCCN(Cc3ccncc3)CC2)CCCO1. The average molecular weight is 303 g/mol. The average Bonchev–Trinajstić information content (AvgIpc) is 2.86. The molecule has 1 amide bonds. The summed E-state index contributed by atoms with van der Waals surface area (Å²) in [5, 5.41) is 0. The van der Waals surface area contributed by atoms with Crippen molar-refractivity contribution < 1.29 is 9.53 Å². The first-order chi connectivity index (χ1) is 10.7. The van der Waals surface area contributed by atoms with Crippen LogP contribution in [0.25, 0.3) is 0 Å². The van der Waals surface area contributed by atoms with Crippen molar-refractivity contribution in [2.24, 2.45) is 0 Å². The lowest BCUT2D eigenvalue weighted by molar-refractivity contribution is -0.150. The van der Waals surface area contributed by atoms with Crippen LogP contribution in [0.4, 0.5) is 0 Å². The van der Waals surface area contributed by atoms with Gasteiger partial charge in [0, 0.05) is 51.7 Å². The Hall–Kier alpha value is -1.46. The van der Waals surface area contributed by atoms with Gasteiger partial charge >= 0.3 is 0 Å². The van der Waals surface area contributed by atoms with Crippen molar-refractivity contribution in [3.63, 3.8) is 0 Å². The number of amides is 1. The van der Waals surface area contributed by atoms with E-state index in [1.54, 1.807) is 0 Å². The molecule has 1 atom stereocenters. The lowest BCUT2D eigenvalue weighted by Crippen LogP contribution is -2.48. The van der Waals surface area contributed by atoms with E-state index in [0.29, 0.717) is 6.61 Å². The Bertz CT molecular complexity index is 500. The Balaban J connectivity index is 1.57. The minimum absolute atomic E-state index is 0.177. The van der Waals surface area contributed by atoms with Gasteiger partial charge in [-0.1, -0.05) is 0 Å². The Morgan fingerprint density at radius 2 is 2.05 bits per heavy atom. The summed E-state index contributed by atoms with van der Waals surface area (Å²) in [6.45, 7) is 7.17. The van der Waals surface area contributed by atoms with Crippen LogP contribution in [0.5, 0.6) is 0 Å². The molecule has 0 unspecified atom stereocenters. The van der Waals surface area contributed by atoms with E-state index in [4.69, 9.17) is 4.74 Å². The van der Waals surface area contributed by atoms with Gasteiger partial charge in [0.15, 0.2) is 0 Å². The van der Waals surface area contributed by atoms with Gasteiger partial charge in [-0.25, -0.2) is 0 Å². The van der Waals surface area contributed by atoms with Gasteiger partial charge in [-0.3, -0.25) is 14.7 Å². The molecule has 0 saturated carbocycles. The van der Waals surface area contributed by atoms with Crippen molar-refractivity contribution in [3.8, 4) is 0 Å². The molecule has 0 aliphatic carbocycles. The number of pyridine rings is 1. The quantitative estimate of drug-likeness (QED) is 0.852. The monoisotopic (exact) mass is 303 g/mol. The molecule has 5 nitrogen and oxygen atoms in total. The fraction of sp³-hybridized carbons (Fsp3) is 0.647. The smallest absolute Gasteiger partial charge is 0.254 e. The first-order valence-corrected chi connectivity index (χ1v) is 8.22. The Labute approximate surface area is 132 Å². The van der Waals surface area contributed by atoms with Crippen LogP contribution in [0, 0.1) is 0 Å². The van der Waals surface area contributed by atoms with Crippen LogP contribution >= 0.6 is 0 Å². The third-order valence-corrected chi connectivity index (χ3v) is 4.70. The molecular formula is C17H25N3O2. The number of nitrogens with zero attached hydrogens (tertiary/aromatic N) is 3. The number of hydrogen-bond acceptors (Lipinski definition) is 4. The maximum absolute atomic E-state index is 12.7. The van der Waals surface area contributed by atoms with Crippen molar-refractivity contribution in [1.29, 1.82) is 0 Å². The third-order valence-electron chi connectivity index (χ3n) is 4.70. The molecule has 5 heteroatoms. The summed E-state index contributed by atoms with van der Waals surface area (Å²) in [5.74, 6) is 0.177. The first-order valence-electron chi connectivity index (χ1n) is 8.22. The molecule has 0 spiro atoms. The molecule has 0 aromatic carbocycles. The van der Waals surface area contributed by atoms with Crippen molar-refractivity contribution in [2.75, 3.05) is 32.8 Å². The van der Waals surface area contributed by atoms with Gasteiger partial charge in [0.1, 0.15) is 5.60 Å². The highest BCUT2D eigenvalue weighted by Gasteiger charge is 2.40. The summed E-state index contributed by atoms with van der Waals surface area (Å²) in [6, 6.07) is 4.11. The predicted octanol–water partition coefficient (Wildman–Crippen LogP) is 1.68. The maximum atomic E-state index is 12.7. The van der Waals surface area contributed by atoms with E-state index in [-0.39, 0.29) is 5.91 Å². The summed E-state index contributed by atoms with van der Waals surface area (Å²) < 4.78 is 5.71. The Morgan fingerprint density at radius 3 is 2.77 bits per heavy atom. The lowest BCUT2D eigenvalue weighted by Gasteiger charge is -2.30. The maximum Gasteiger partial charge on any atom is 0.254 e. The van der Waals surface area contributed by atoms with Gasteiger partial charge in [-0.2, -0.15) is 0 Å². The Morgan fingerprint density at radius 1 is 1.23 bits per heavy atom. The van der Waals surface area contributed by atoms with Gasteiger partial charge in [-0.15, -0.1) is 0 Å². The third kappa shape index (κ3) is 3.47. The molecule has 1 aromatic rings. The molecule has 2 saturated heterocycles. The number of carbonyl (C=O) groups excluding carboxylic acids is 1. The highest BCUT2D eigenvalue weighted by molar-refractivity contribution is 5.85. The van der Waals surface area contributed by atoms with Crippen molar-refractivity contribution >= 4 is 5.91 Å². The molecule has 0 N–H and O–H groups in total. The van der Waals surface area contributed by atoms with Crippen molar-refractivity contribution in [3.05, 3.63) is 30.1 Å². The molecule has 2 fully saturated rings. The summed E-state index contributed by atoms with van der Waals surface area (Å²) in [7, 11) is 0. The second-order valence-corrected chi connectivity index (χ2v) is 6.46. The molecule has 3 rings (SSSR count). The molecule has 1 aromatic heterocycles. The number of hydrogen-bond donors (Lipinski definition) is 0. The van der Waals surface area contributed by atoms with Crippen LogP contribution in [-0.4, -0.2) is 59.1 Å². The zero-order valence-corrected chi connectivity index (χ0v) is 13.3. The Kier molecular flexibility index (Phi) is 4.74. The fourth-order valence-corrected chi connectivity index (χ4v) is 3.36. The van der Waals surface area contributed by atoms with E-state index in [1.165, 1.54) is 5.56 Å². The largest absolute Gasteiger partial charge is 0.365 e. The van der Waals surface area contributed by atoms with Gasteiger partial charge in [-0.05, 0) is 43.9 Å². The van der Waals surface area contributed by atoms with Crippen LogP contribution < -0.4 is 0 Å². The summed E-state index contributed by atoms with van der Waals surface area (Å²) in [4.78, 5) is 21.2. The number of rotatable bonds is 3. The number of carbonyl (C=O) groups is 1. The molecule has 3 heterocycles. The second-order valence-electron chi connectivity index (χ2n) is 6.46.